The van der Waals surface area contributed by atoms with Gasteiger partial charge in [0.15, 0.2) is 0 Å². The van der Waals surface area contributed by atoms with Crippen molar-refractivity contribution in [1.29, 1.82) is 0 Å². The van der Waals surface area contributed by atoms with E-state index >= 15 is 0 Å². The quantitative estimate of drug-likeness (QED) is 0.776. The Morgan fingerprint density at radius 1 is 1.21 bits per heavy atom. The first-order valence-electron chi connectivity index (χ1n) is 9.29. The third-order valence-corrected chi connectivity index (χ3v) is 7.73. The van der Waals surface area contributed by atoms with Crippen molar-refractivity contribution < 1.29 is 13.2 Å². The summed E-state index contributed by atoms with van der Waals surface area (Å²) in [6.07, 6.45) is 4.43. The Balaban J connectivity index is 1.80. The number of rotatable bonds is 6. The number of amides is 1. The lowest BCUT2D eigenvalue weighted by Gasteiger charge is -2.37. The molecule has 1 atom stereocenters. The van der Waals surface area contributed by atoms with Crippen LogP contribution in [-0.2, 0) is 14.8 Å². The van der Waals surface area contributed by atoms with Crippen molar-refractivity contribution in [1.82, 2.24) is 14.5 Å². The van der Waals surface area contributed by atoms with Crippen molar-refractivity contribution >= 4 is 15.9 Å². The maximum atomic E-state index is 12.6. The molecule has 2 fully saturated rings. The molecule has 2 rings (SSSR count). The topological polar surface area (TPSA) is 69.7 Å². The standard InChI is InChI=1S/C17H33N3O3S/c1-4-24(22,23)19(3)16-7-11-20(12-8-16)17(21)13-14(2)15-5-9-18-10-6-15/h14-16,18H,4-13H2,1-3H3. The lowest BCUT2D eigenvalue weighted by atomic mass is 9.84. The number of carbonyl (C=O) groups excluding carboxylic acids is 1. The molecule has 0 aliphatic carbocycles. The van der Waals surface area contributed by atoms with E-state index in [-0.39, 0.29) is 17.7 Å². The molecule has 0 radical (unpaired) electrons. The first-order chi connectivity index (χ1) is 11.3. The van der Waals surface area contributed by atoms with Crippen LogP contribution in [0.1, 0.15) is 46.0 Å². The van der Waals surface area contributed by atoms with E-state index in [1.54, 1.807) is 14.0 Å². The summed E-state index contributed by atoms with van der Waals surface area (Å²) in [4.78, 5) is 14.5. The van der Waals surface area contributed by atoms with Gasteiger partial charge in [-0.15, -0.1) is 0 Å². The number of piperidine rings is 2. The van der Waals surface area contributed by atoms with Crippen LogP contribution in [0.3, 0.4) is 0 Å². The second kappa shape index (κ2) is 8.63. The number of carbonyl (C=O) groups is 1. The summed E-state index contributed by atoms with van der Waals surface area (Å²) in [6, 6.07) is 0.0286. The van der Waals surface area contributed by atoms with Gasteiger partial charge in [-0.25, -0.2) is 12.7 Å². The predicted octanol–water partition coefficient (Wildman–Crippen LogP) is 1.28. The number of nitrogens with zero attached hydrogens (tertiary/aromatic N) is 2. The van der Waals surface area contributed by atoms with Gasteiger partial charge in [-0.1, -0.05) is 6.92 Å². The van der Waals surface area contributed by atoms with Crippen LogP contribution in [0.15, 0.2) is 0 Å². The number of hydrogen-bond donors (Lipinski definition) is 1. The molecule has 0 aromatic rings. The summed E-state index contributed by atoms with van der Waals surface area (Å²) < 4.78 is 25.5. The van der Waals surface area contributed by atoms with E-state index in [1.165, 1.54) is 4.31 Å². The lowest BCUT2D eigenvalue weighted by molar-refractivity contribution is -0.133. The van der Waals surface area contributed by atoms with Crippen LogP contribution < -0.4 is 5.32 Å². The van der Waals surface area contributed by atoms with Crippen molar-refractivity contribution in [3.8, 4) is 0 Å². The minimum Gasteiger partial charge on any atom is -0.343 e. The molecule has 0 saturated carbocycles. The van der Waals surface area contributed by atoms with Gasteiger partial charge in [0.05, 0.1) is 5.75 Å². The van der Waals surface area contributed by atoms with E-state index in [9.17, 15) is 13.2 Å². The number of hydrogen-bond acceptors (Lipinski definition) is 4. The van der Waals surface area contributed by atoms with Gasteiger partial charge in [-0.2, -0.15) is 0 Å². The van der Waals surface area contributed by atoms with Crippen LogP contribution in [0.5, 0.6) is 0 Å². The Bertz CT molecular complexity index is 509. The molecule has 0 aromatic carbocycles. The van der Waals surface area contributed by atoms with Gasteiger partial charge < -0.3 is 10.2 Å². The van der Waals surface area contributed by atoms with Crippen molar-refractivity contribution in [2.45, 2.75) is 52.0 Å². The molecule has 1 unspecified atom stereocenters. The molecule has 2 saturated heterocycles. The summed E-state index contributed by atoms with van der Waals surface area (Å²) in [5.41, 5.74) is 0. The Kier molecular flexibility index (Phi) is 7.07. The molecule has 1 amide bonds. The van der Waals surface area contributed by atoms with Gasteiger partial charge in [0.25, 0.3) is 0 Å². The van der Waals surface area contributed by atoms with Crippen LogP contribution in [-0.4, -0.2) is 68.6 Å². The number of nitrogens with one attached hydrogen (secondary N) is 1. The smallest absolute Gasteiger partial charge is 0.222 e. The first-order valence-corrected chi connectivity index (χ1v) is 10.9. The molecule has 2 heterocycles. The molecule has 24 heavy (non-hydrogen) atoms. The zero-order valence-corrected chi connectivity index (χ0v) is 16.1. The largest absolute Gasteiger partial charge is 0.343 e. The molecule has 0 bridgehead atoms. The Morgan fingerprint density at radius 2 is 1.79 bits per heavy atom. The van der Waals surface area contributed by atoms with Gasteiger partial charge in [0, 0.05) is 32.6 Å². The van der Waals surface area contributed by atoms with Gasteiger partial charge in [-0.3, -0.25) is 4.79 Å². The van der Waals surface area contributed by atoms with Crippen molar-refractivity contribution in [3.63, 3.8) is 0 Å². The second-order valence-electron chi connectivity index (χ2n) is 7.30. The zero-order chi connectivity index (χ0) is 17.7. The average Bonchev–Trinajstić information content (AvgIpc) is 2.61. The normalized spacial score (nSPS) is 22.8. The maximum Gasteiger partial charge on any atom is 0.222 e. The SMILES string of the molecule is CCS(=O)(=O)N(C)C1CCN(C(=O)CC(C)C2CCNCC2)CC1. The van der Waals surface area contributed by atoms with E-state index in [4.69, 9.17) is 0 Å². The molecule has 6 nitrogen and oxygen atoms in total. The van der Waals surface area contributed by atoms with Gasteiger partial charge in [-0.05, 0) is 57.5 Å². The average molecular weight is 360 g/mol. The molecular weight excluding hydrogens is 326 g/mol. The Labute approximate surface area is 147 Å². The third-order valence-electron chi connectivity index (χ3n) is 5.82. The molecule has 140 valence electrons. The van der Waals surface area contributed by atoms with Gasteiger partial charge >= 0.3 is 0 Å². The van der Waals surface area contributed by atoms with Crippen molar-refractivity contribution in [2.24, 2.45) is 11.8 Å². The zero-order valence-electron chi connectivity index (χ0n) is 15.3. The minimum atomic E-state index is -3.15. The van der Waals surface area contributed by atoms with E-state index in [0.717, 1.165) is 38.8 Å². The van der Waals surface area contributed by atoms with Gasteiger partial charge in [0.2, 0.25) is 15.9 Å². The highest BCUT2D eigenvalue weighted by Gasteiger charge is 2.31. The first kappa shape index (κ1) is 19.7. The Hall–Kier alpha value is -0.660. The minimum absolute atomic E-state index is 0.0286. The fraction of sp³-hybridized carbons (Fsp3) is 0.941. The summed E-state index contributed by atoms with van der Waals surface area (Å²) >= 11 is 0. The van der Waals surface area contributed by atoms with Crippen molar-refractivity contribution in [2.75, 3.05) is 39.0 Å². The highest BCUT2D eigenvalue weighted by molar-refractivity contribution is 7.89. The number of likely N-dealkylation sites (tertiary alicyclic amines) is 1. The second-order valence-corrected chi connectivity index (χ2v) is 9.61. The molecule has 2 aliphatic heterocycles. The highest BCUT2D eigenvalue weighted by atomic mass is 32.2. The molecule has 1 N–H and O–H groups in total. The van der Waals surface area contributed by atoms with E-state index in [2.05, 4.69) is 12.2 Å². The summed E-state index contributed by atoms with van der Waals surface area (Å²) in [7, 11) is -1.48. The molecular formula is C17H33N3O3S. The molecule has 0 spiro atoms. The van der Waals surface area contributed by atoms with Crippen LogP contribution in [0.25, 0.3) is 0 Å². The summed E-state index contributed by atoms with van der Waals surface area (Å²) in [5.74, 6) is 1.45. The fourth-order valence-electron chi connectivity index (χ4n) is 3.89. The fourth-order valence-corrected chi connectivity index (χ4v) is 4.97. The monoisotopic (exact) mass is 359 g/mol. The summed E-state index contributed by atoms with van der Waals surface area (Å²) in [5, 5.41) is 3.37. The summed E-state index contributed by atoms with van der Waals surface area (Å²) in [6.45, 7) is 7.34. The maximum absolute atomic E-state index is 12.6. The van der Waals surface area contributed by atoms with E-state index < -0.39 is 10.0 Å². The van der Waals surface area contributed by atoms with E-state index in [0.29, 0.717) is 31.3 Å². The van der Waals surface area contributed by atoms with Crippen LogP contribution in [0.4, 0.5) is 0 Å². The molecule has 7 heteroatoms. The highest BCUT2D eigenvalue weighted by Crippen LogP contribution is 2.26. The third kappa shape index (κ3) is 4.92. The molecule has 0 aromatic heterocycles. The predicted molar refractivity (Wildman–Crippen MR) is 96.2 cm³/mol. The van der Waals surface area contributed by atoms with Gasteiger partial charge in [0.1, 0.15) is 0 Å². The van der Waals surface area contributed by atoms with Crippen LogP contribution in [0.2, 0.25) is 0 Å². The molecule has 2 aliphatic rings. The lowest BCUT2D eigenvalue weighted by Crippen LogP contribution is -2.48. The Morgan fingerprint density at radius 3 is 2.33 bits per heavy atom. The number of sulfonamides is 1. The van der Waals surface area contributed by atoms with Crippen LogP contribution in [0, 0.1) is 11.8 Å². The van der Waals surface area contributed by atoms with Crippen molar-refractivity contribution in [3.05, 3.63) is 0 Å². The van der Waals surface area contributed by atoms with E-state index in [1.807, 2.05) is 4.90 Å². The van der Waals surface area contributed by atoms with Crippen LogP contribution >= 0.6 is 0 Å².